The third kappa shape index (κ3) is 2.78. The van der Waals surface area contributed by atoms with Crippen LogP contribution in [0.15, 0.2) is 18.2 Å². The SMILES string of the molecule is CN(C)C(=O)N[C@@H]1[C@@H](O)c2cc(C#N)ccc2OC1(C)C. The highest BCUT2D eigenvalue weighted by Crippen LogP contribution is 2.40. The summed E-state index contributed by atoms with van der Waals surface area (Å²) in [6.45, 7) is 3.61. The van der Waals surface area contributed by atoms with Crippen LogP contribution in [0, 0.1) is 11.3 Å². The van der Waals surface area contributed by atoms with Crippen molar-refractivity contribution in [3.8, 4) is 11.8 Å². The first-order chi connectivity index (χ1) is 9.76. The van der Waals surface area contributed by atoms with E-state index in [1.54, 1.807) is 46.1 Å². The third-order valence-corrected chi connectivity index (χ3v) is 3.58. The fraction of sp³-hybridized carbons (Fsp3) is 0.467. The van der Waals surface area contributed by atoms with Gasteiger partial charge in [-0.1, -0.05) is 0 Å². The number of urea groups is 1. The quantitative estimate of drug-likeness (QED) is 0.818. The number of nitrogens with zero attached hydrogens (tertiary/aromatic N) is 2. The average Bonchev–Trinajstić information content (AvgIpc) is 2.42. The van der Waals surface area contributed by atoms with Crippen molar-refractivity contribution in [1.82, 2.24) is 10.2 Å². The Morgan fingerprint density at radius 3 is 2.71 bits per heavy atom. The van der Waals surface area contributed by atoms with Crippen LogP contribution < -0.4 is 10.1 Å². The first-order valence-electron chi connectivity index (χ1n) is 6.65. The summed E-state index contributed by atoms with van der Waals surface area (Å²) in [5.41, 5.74) is 0.179. The van der Waals surface area contributed by atoms with E-state index in [1.165, 1.54) is 4.90 Å². The molecule has 0 bridgehead atoms. The second kappa shape index (κ2) is 5.26. The predicted octanol–water partition coefficient (Wildman–Crippen LogP) is 1.40. The van der Waals surface area contributed by atoms with E-state index in [2.05, 4.69) is 5.32 Å². The Bertz CT molecular complexity index is 605. The minimum atomic E-state index is -0.944. The number of aliphatic hydroxyl groups is 1. The first-order valence-corrected chi connectivity index (χ1v) is 6.65. The highest BCUT2D eigenvalue weighted by molar-refractivity contribution is 5.74. The van der Waals surface area contributed by atoms with Crippen LogP contribution in [0.4, 0.5) is 4.79 Å². The van der Waals surface area contributed by atoms with Crippen LogP contribution in [-0.2, 0) is 0 Å². The van der Waals surface area contributed by atoms with Gasteiger partial charge in [-0.2, -0.15) is 5.26 Å². The van der Waals surface area contributed by atoms with Gasteiger partial charge in [0.1, 0.15) is 17.5 Å². The number of ether oxygens (including phenoxy) is 1. The fourth-order valence-corrected chi connectivity index (χ4v) is 2.36. The molecule has 1 aliphatic rings. The molecule has 21 heavy (non-hydrogen) atoms. The molecule has 0 aromatic heterocycles. The number of benzene rings is 1. The van der Waals surface area contributed by atoms with Gasteiger partial charge in [-0.05, 0) is 32.0 Å². The average molecular weight is 289 g/mol. The number of rotatable bonds is 1. The van der Waals surface area contributed by atoms with Crippen LogP contribution >= 0.6 is 0 Å². The van der Waals surface area contributed by atoms with Gasteiger partial charge < -0.3 is 20.1 Å². The molecule has 0 saturated carbocycles. The zero-order chi connectivity index (χ0) is 15.8. The zero-order valence-electron chi connectivity index (χ0n) is 12.5. The smallest absolute Gasteiger partial charge is 0.317 e. The van der Waals surface area contributed by atoms with Crippen molar-refractivity contribution in [1.29, 1.82) is 5.26 Å². The van der Waals surface area contributed by atoms with Gasteiger partial charge in [0.25, 0.3) is 0 Å². The molecular weight excluding hydrogens is 270 g/mol. The summed E-state index contributed by atoms with van der Waals surface area (Å²) in [6, 6.07) is 6.00. The van der Waals surface area contributed by atoms with Gasteiger partial charge in [-0.25, -0.2) is 4.79 Å². The highest BCUT2D eigenvalue weighted by Gasteiger charge is 2.44. The lowest BCUT2D eigenvalue weighted by molar-refractivity contribution is -0.0240. The molecule has 0 unspecified atom stereocenters. The molecule has 0 spiro atoms. The normalized spacial score (nSPS) is 22.5. The molecule has 112 valence electrons. The van der Waals surface area contributed by atoms with Gasteiger partial charge in [-0.3, -0.25) is 0 Å². The molecule has 1 aromatic rings. The largest absolute Gasteiger partial charge is 0.485 e. The van der Waals surface area contributed by atoms with E-state index in [-0.39, 0.29) is 6.03 Å². The summed E-state index contributed by atoms with van der Waals surface area (Å²) in [5, 5.41) is 22.3. The van der Waals surface area contributed by atoms with E-state index in [9.17, 15) is 9.90 Å². The Morgan fingerprint density at radius 1 is 1.48 bits per heavy atom. The number of nitriles is 1. The summed E-state index contributed by atoms with van der Waals surface area (Å²) >= 11 is 0. The van der Waals surface area contributed by atoms with E-state index in [4.69, 9.17) is 10.00 Å². The van der Waals surface area contributed by atoms with Crippen LogP contribution in [0.5, 0.6) is 5.75 Å². The summed E-state index contributed by atoms with van der Waals surface area (Å²) < 4.78 is 5.88. The number of nitrogens with one attached hydrogen (secondary N) is 1. The van der Waals surface area contributed by atoms with Crippen LogP contribution in [-0.4, -0.2) is 41.8 Å². The molecule has 1 aromatic carbocycles. The predicted molar refractivity (Wildman–Crippen MR) is 76.8 cm³/mol. The maximum absolute atomic E-state index is 11.9. The molecule has 2 atom stereocenters. The Labute approximate surface area is 123 Å². The Hall–Kier alpha value is -2.26. The van der Waals surface area contributed by atoms with Crippen LogP contribution in [0.2, 0.25) is 0 Å². The minimum Gasteiger partial charge on any atom is -0.485 e. The number of fused-ring (bicyclic) bond motifs is 1. The maximum Gasteiger partial charge on any atom is 0.317 e. The van der Waals surface area contributed by atoms with Gasteiger partial charge >= 0.3 is 6.03 Å². The third-order valence-electron chi connectivity index (χ3n) is 3.58. The highest BCUT2D eigenvalue weighted by atomic mass is 16.5. The van der Waals surface area contributed by atoms with Crippen LogP contribution in [0.3, 0.4) is 0 Å². The van der Waals surface area contributed by atoms with E-state index in [0.717, 1.165) is 0 Å². The molecule has 0 saturated heterocycles. The number of amides is 2. The van der Waals surface area contributed by atoms with Crippen molar-refractivity contribution < 1.29 is 14.6 Å². The Balaban J connectivity index is 2.39. The van der Waals surface area contributed by atoms with Gasteiger partial charge in [0, 0.05) is 19.7 Å². The van der Waals surface area contributed by atoms with Crippen molar-refractivity contribution in [3.05, 3.63) is 29.3 Å². The summed E-state index contributed by atoms with van der Waals surface area (Å²) in [6.07, 6.45) is -0.944. The van der Waals surface area contributed by atoms with E-state index in [0.29, 0.717) is 16.9 Å². The summed E-state index contributed by atoms with van der Waals surface area (Å²) in [5.74, 6) is 0.529. The molecule has 6 heteroatoms. The fourth-order valence-electron chi connectivity index (χ4n) is 2.36. The molecule has 2 rings (SSSR count). The molecular formula is C15H19N3O3. The second-order valence-electron chi connectivity index (χ2n) is 5.84. The molecule has 1 aliphatic heterocycles. The number of carbonyl (C=O) groups is 1. The summed E-state index contributed by atoms with van der Waals surface area (Å²) in [7, 11) is 3.25. The molecule has 0 radical (unpaired) electrons. The molecule has 6 nitrogen and oxygen atoms in total. The molecule has 1 heterocycles. The number of hydrogen-bond acceptors (Lipinski definition) is 4. The molecule has 0 fully saturated rings. The van der Waals surface area contributed by atoms with Crippen LogP contribution in [0.1, 0.15) is 31.1 Å². The van der Waals surface area contributed by atoms with E-state index in [1.807, 2.05) is 6.07 Å². The summed E-state index contributed by atoms with van der Waals surface area (Å²) in [4.78, 5) is 13.3. The van der Waals surface area contributed by atoms with Crippen LogP contribution in [0.25, 0.3) is 0 Å². The van der Waals surface area contributed by atoms with E-state index >= 15 is 0 Å². The minimum absolute atomic E-state index is 0.310. The number of carbonyl (C=O) groups excluding carboxylic acids is 1. The number of aliphatic hydroxyl groups excluding tert-OH is 1. The lowest BCUT2D eigenvalue weighted by atomic mass is 9.85. The van der Waals surface area contributed by atoms with Crippen molar-refractivity contribution in [2.45, 2.75) is 31.6 Å². The van der Waals surface area contributed by atoms with Crippen molar-refractivity contribution in [3.63, 3.8) is 0 Å². The topological polar surface area (TPSA) is 85.6 Å². The molecule has 0 aliphatic carbocycles. The van der Waals surface area contributed by atoms with Gasteiger partial charge in [0.05, 0.1) is 17.7 Å². The van der Waals surface area contributed by atoms with E-state index < -0.39 is 17.7 Å². The van der Waals surface area contributed by atoms with Crippen molar-refractivity contribution in [2.75, 3.05) is 14.1 Å². The van der Waals surface area contributed by atoms with Gasteiger partial charge in [-0.15, -0.1) is 0 Å². The van der Waals surface area contributed by atoms with Gasteiger partial charge in [0.2, 0.25) is 0 Å². The lowest BCUT2D eigenvalue weighted by Gasteiger charge is -2.43. The molecule has 2 N–H and O–H groups in total. The van der Waals surface area contributed by atoms with Gasteiger partial charge in [0.15, 0.2) is 0 Å². The van der Waals surface area contributed by atoms with Crippen molar-refractivity contribution in [2.24, 2.45) is 0 Å². The zero-order valence-corrected chi connectivity index (χ0v) is 12.5. The maximum atomic E-state index is 11.9. The standard InChI is InChI=1S/C15H19N3O3/c1-15(2)13(17-14(20)18(3)4)12(19)10-7-9(8-16)5-6-11(10)21-15/h5-7,12-13,19H,1-4H3,(H,17,20)/t12-,13+/m0/s1. The lowest BCUT2D eigenvalue weighted by Crippen LogP contribution is -2.59. The number of hydrogen-bond donors (Lipinski definition) is 2. The second-order valence-corrected chi connectivity index (χ2v) is 5.84. The monoisotopic (exact) mass is 289 g/mol. The molecule has 2 amide bonds. The Kier molecular flexibility index (Phi) is 3.79. The Morgan fingerprint density at radius 2 is 2.14 bits per heavy atom. The van der Waals surface area contributed by atoms with Crippen molar-refractivity contribution >= 4 is 6.03 Å². The first kappa shape index (κ1) is 15.1.